The summed E-state index contributed by atoms with van der Waals surface area (Å²) >= 11 is 1.80. The number of rotatable bonds is 1. The highest BCUT2D eigenvalue weighted by Crippen LogP contribution is 2.31. The summed E-state index contributed by atoms with van der Waals surface area (Å²) in [5.74, 6) is 1.10. The minimum atomic E-state index is -3.09. The molecule has 2 fully saturated rings. The molecule has 2 aliphatic heterocycles. The molecule has 2 saturated heterocycles. The molecule has 0 bridgehead atoms. The SMILES string of the molecule is CC1CNCCN(C2CCCCS2)S1(=O)=O. The Morgan fingerprint density at radius 3 is 2.88 bits per heavy atom. The monoisotopic (exact) mass is 264 g/mol. The van der Waals surface area contributed by atoms with Gasteiger partial charge >= 0.3 is 0 Å². The Labute approximate surface area is 102 Å². The van der Waals surface area contributed by atoms with Gasteiger partial charge in [0.2, 0.25) is 10.0 Å². The van der Waals surface area contributed by atoms with Crippen molar-refractivity contribution >= 4 is 21.8 Å². The zero-order valence-electron chi connectivity index (χ0n) is 9.68. The predicted octanol–water partition coefficient (Wildman–Crippen LogP) is 0.853. The van der Waals surface area contributed by atoms with Gasteiger partial charge in [-0.3, -0.25) is 0 Å². The van der Waals surface area contributed by atoms with Gasteiger partial charge in [-0.25, -0.2) is 8.42 Å². The molecule has 0 radical (unpaired) electrons. The maximum Gasteiger partial charge on any atom is 0.219 e. The lowest BCUT2D eigenvalue weighted by molar-refractivity contribution is 0.375. The molecule has 1 N–H and O–H groups in total. The van der Waals surface area contributed by atoms with Crippen molar-refractivity contribution in [1.82, 2.24) is 9.62 Å². The minimum absolute atomic E-state index is 0.182. The number of nitrogens with zero attached hydrogens (tertiary/aromatic N) is 1. The van der Waals surface area contributed by atoms with Crippen LogP contribution in [0.2, 0.25) is 0 Å². The zero-order chi connectivity index (χ0) is 11.6. The normalized spacial score (nSPS) is 36.8. The predicted molar refractivity (Wildman–Crippen MR) is 68.1 cm³/mol. The molecule has 0 saturated carbocycles. The van der Waals surface area contributed by atoms with E-state index in [1.807, 2.05) is 0 Å². The van der Waals surface area contributed by atoms with E-state index in [9.17, 15) is 8.42 Å². The van der Waals surface area contributed by atoms with E-state index in [2.05, 4.69) is 5.32 Å². The largest absolute Gasteiger partial charge is 0.314 e. The van der Waals surface area contributed by atoms with Crippen LogP contribution < -0.4 is 5.32 Å². The Morgan fingerprint density at radius 1 is 1.38 bits per heavy atom. The van der Waals surface area contributed by atoms with Gasteiger partial charge in [-0.15, -0.1) is 11.8 Å². The van der Waals surface area contributed by atoms with Gasteiger partial charge in [0.1, 0.15) is 0 Å². The van der Waals surface area contributed by atoms with Crippen molar-refractivity contribution in [2.45, 2.75) is 36.8 Å². The van der Waals surface area contributed by atoms with E-state index < -0.39 is 10.0 Å². The Morgan fingerprint density at radius 2 is 2.19 bits per heavy atom. The lowest BCUT2D eigenvalue weighted by Gasteiger charge is -2.32. The summed E-state index contributed by atoms with van der Waals surface area (Å²) in [5.41, 5.74) is 0. The fraction of sp³-hybridized carbons (Fsp3) is 1.00. The molecule has 2 heterocycles. The van der Waals surface area contributed by atoms with E-state index >= 15 is 0 Å². The Hall–Kier alpha value is 0.220. The fourth-order valence-electron chi connectivity index (χ4n) is 2.22. The summed E-state index contributed by atoms with van der Waals surface area (Å²) in [6, 6.07) is 0. The summed E-state index contributed by atoms with van der Waals surface area (Å²) in [6.07, 6.45) is 3.39. The number of sulfonamides is 1. The number of nitrogens with one attached hydrogen (secondary N) is 1. The smallest absolute Gasteiger partial charge is 0.219 e. The van der Waals surface area contributed by atoms with Crippen LogP contribution in [-0.4, -0.2) is 48.7 Å². The third-order valence-electron chi connectivity index (χ3n) is 3.25. The Kier molecular flexibility index (Phi) is 4.15. The maximum atomic E-state index is 12.3. The van der Waals surface area contributed by atoms with Crippen molar-refractivity contribution in [3.05, 3.63) is 0 Å². The lowest BCUT2D eigenvalue weighted by atomic mass is 10.2. The van der Waals surface area contributed by atoms with E-state index in [1.165, 1.54) is 6.42 Å². The van der Waals surface area contributed by atoms with Crippen LogP contribution >= 0.6 is 11.8 Å². The molecule has 0 aliphatic carbocycles. The van der Waals surface area contributed by atoms with Crippen LogP contribution in [0, 0.1) is 0 Å². The Balaban J connectivity index is 2.16. The maximum absolute atomic E-state index is 12.3. The average Bonchev–Trinajstić information content (AvgIpc) is 2.41. The van der Waals surface area contributed by atoms with Gasteiger partial charge in [-0.2, -0.15) is 4.31 Å². The van der Waals surface area contributed by atoms with Crippen molar-refractivity contribution in [2.24, 2.45) is 0 Å². The lowest BCUT2D eigenvalue weighted by Crippen LogP contribution is -2.44. The molecule has 0 aromatic carbocycles. The second kappa shape index (κ2) is 5.25. The standard InChI is InChI=1S/C10H20N2O2S2/c1-9-8-11-5-6-12(16(9,13)14)10-4-2-3-7-15-10/h9-11H,2-8H2,1H3. The second-order valence-electron chi connectivity index (χ2n) is 4.49. The summed E-state index contributed by atoms with van der Waals surface area (Å²) < 4.78 is 26.3. The van der Waals surface area contributed by atoms with Crippen LogP contribution in [-0.2, 0) is 10.0 Å². The second-order valence-corrected chi connectivity index (χ2v) is 8.08. The molecule has 2 unspecified atom stereocenters. The molecular formula is C10H20N2O2S2. The molecule has 16 heavy (non-hydrogen) atoms. The Bertz CT molecular complexity index is 326. The number of hydrogen-bond acceptors (Lipinski definition) is 4. The van der Waals surface area contributed by atoms with Crippen molar-refractivity contribution in [1.29, 1.82) is 0 Å². The van der Waals surface area contributed by atoms with Crippen molar-refractivity contribution in [3.63, 3.8) is 0 Å². The molecule has 6 heteroatoms. The summed E-state index contributed by atoms with van der Waals surface area (Å²) in [5, 5.41) is 3.08. The van der Waals surface area contributed by atoms with E-state index in [0.717, 1.165) is 25.1 Å². The number of thioether (sulfide) groups is 1. The van der Waals surface area contributed by atoms with Crippen molar-refractivity contribution in [3.8, 4) is 0 Å². The molecule has 0 aromatic rings. The van der Waals surface area contributed by atoms with Gasteiger partial charge in [0.25, 0.3) is 0 Å². The summed E-state index contributed by atoms with van der Waals surface area (Å²) in [4.78, 5) is 0. The first-order valence-electron chi connectivity index (χ1n) is 5.95. The molecule has 2 rings (SSSR count). The molecule has 0 aromatic heterocycles. The van der Waals surface area contributed by atoms with E-state index in [1.54, 1.807) is 23.0 Å². The highest BCUT2D eigenvalue weighted by molar-refractivity contribution is 8.00. The highest BCUT2D eigenvalue weighted by Gasteiger charge is 2.36. The van der Waals surface area contributed by atoms with E-state index in [4.69, 9.17) is 0 Å². The first-order valence-corrected chi connectivity index (χ1v) is 8.50. The molecular weight excluding hydrogens is 244 g/mol. The van der Waals surface area contributed by atoms with Crippen LogP contribution in [0.1, 0.15) is 26.2 Å². The van der Waals surface area contributed by atoms with Crippen molar-refractivity contribution in [2.75, 3.05) is 25.4 Å². The van der Waals surface area contributed by atoms with E-state index in [-0.39, 0.29) is 10.6 Å². The van der Waals surface area contributed by atoms with Crippen LogP contribution in [0.15, 0.2) is 0 Å². The first kappa shape index (κ1) is 12.7. The molecule has 2 aliphatic rings. The highest BCUT2D eigenvalue weighted by atomic mass is 32.2. The van der Waals surface area contributed by atoms with E-state index in [0.29, 0.717) is 13.1 Å². The van der Waals surface area contributed by atoms with Crippen molar-refractivity contribution < 1.29 is 8.42 Å². The molecule has 94 valence electrons. The van der Waals surface area contributed by atoms with Gasteiger partial charge in [0, 0.05) is 19.6 Å². The van der Waals surface area contributed by atoms with Gasteiger partial charge in [0.15, 0.2) is 0 Å². The first-order chi connectivity index (χ1) is 7.62. The quantitative estimate of drug-likeness (QED) is 0.763. The minimum Gasteiger partial charge on any atom is -0.314 e. The van der Waals surface area contributed by atoms with Crippen LogP contribution in [0.3, 0.4) is 0 Å². The average molecular weight is 264 g/mol. The third kappa shape index (κ3) is 2.55. The van der Waals surface area contributed by atoms with Gasteiger partial charge in [0.05, 0.1) is 10.6 Å². The number of hydrogen-bond donors (Lipinski definition) is 1. The summed E-state index contributed by atoms with van der Waals surface area (Å²) in [6.45, 7) is 3.79. The fourth-order valence-corrected chi connectivity index (χ4v) is 5.58. The topological polar surface area (TPSA) is 49.4 Å². The van der Waals surface area contributed by atoms with Crippen LogP contribution in [0.4, 0.5) is 0 Å². The van der Waals surface area contributed by atoms with Gasteiger partial charge in [-0.05, 0) is 25.5 Å². The molecule has 2 atom stereocenters. The van der Waals surface area contributed by atoms with Gasteiger partial charge < -0.3 is 5.32 Å². The van der Waals surface area contributed by atoms with Gasteiger partial charge in [-0.1, -0.05) is 6.42 Å². The third-order valence-corrected chi connectivity index (χ3v) is 7.06. The molecule has 0 amide bonds. The molecule has 4 nitrogen and oxygen atoms in total. The summed E-state index contributed by atoms with van der Waals surface area (Å²) in [7, 11) is -3.09. The van der Waals surface area contributed by atoms with Crippen LogP contribution in [0.25, 0.3) is 0 Å². The molecule has 0 spiro atoms. The van der Waals surface area contributed by atoms with Crippen LogP contribution in [0.5, 0.6) is 0 Å². The zero-order valence-corrected chi connectivity index (χ0v) is 11.3.